The van der Waals surface area contributed by atoms with Gasteiger partial charge in [-0.2, -0.15) is 0 Å². The van der Waals surface area contributed by atoms with E-state index in [4.69, 9.17) is 9.47 Å². The SMILES string of the molecule is C[C@@H]1[C@@H]([Si](C)(C)F)[C@H](CCn2cc(C(CO)c3ccccc3)nn2)O[C@@]12C(=O)N(Cc1ccc(N3CCOC3=O)cc1)c1ccc([N+](=O)[O-])cc12. The van der Waals surface area contributed by atoms with Crippen molar-refractivity contribution in [1.29, 1.82) is 0 Å². The molecule has 0 radical (unpaired) electrons. The number of carbonyl (C=O) groups is 2. The topological polar surface area (TPSA) is 153 Å². The number of nitro groups is 1. The van der Waals surface area contributed by atoms with Gasteiger partial charge in [-0.3, -0.25) is 24.5 Å². The number of aryl methyl sites for hydroxylation is 1. The second kappa shape index (κ2) is 13.3. The molecule has 4 aromatic rings. The molecule has 3 aliphatic rings. The van der Waals surface area contributed by atoms with E-state index >= 15 is 4.11 Å². The molecule has 2 saturated heterocycles. The average molecular weight is 715 g/mol. The molecular formula is C36H39FN6O7Si. The zero-order valence-corrected chi connectivity index (χ0v) is 29.5. The maximum absolute atomic E-state index is 16.4. The quantitative estimate of drug-likeness (QED) is 0.0895. The molecule has 1 aromatic heterocycles. The Morgan fingerprint density at radius 2 is 1.86 bits per heavy atom. The number of amides is 2. The Hall–Kier alpha value is -4.99. The number of aliphatic hydroxyl groups is 1. The number of halogens is 1. The van der Waals surface area contributed by atoms with Crippen molar-refractivity contribution >= 4 is 37.5 Å². The molecule has 2 fully saturated rings. The number of non-ortho nitro benzene ring substituents is 1. The largest absolute Gasteiger partial charge is 0.447 e. The maximum Gasteiger partial charge on any atom is 0.414 e. The first-order chi connectivity index (χ1) is 24.4. The number of fused-ring (bicyclic) bond motifs is 2. The van der Waals surface area contributed by atoms with Gasteiger partial charge in [-0.1, -0.05) is 54.6 Å². The van der Waals surface area contributed by atoms with Gasteiger partial charge in [-0.25, -0.2) is 4.79 Å². The lowest BCUT2D eigenvalue weighted by Crippen LogP contribution is -2.45. The molecule has 0 aliphatic carbocycles. The summed E-state index contributed by atoms with van der Waals surface area (Å²) >= 11 is 0. The number of carbonyl (C=O) groups excluding carboxylic acids is 2. The van der Waals surface area contributed by atoms with Crippen LogP contribution in [-0.4, -0.2) is 71.3 Å². The van der Waals surface area contributed by atoms with Crippen molar-refractivity contribution in [1.82, 2.24) is 15.0 Å². The Morgan fingerprint density at radius 1 is 1.12 bits per heavy atom. The summed E-state index contributed by atoms with van der Waals surface area (Å²) in [7, 11) is -3.50. The van der Waals surface area contributed by atoms with Gasteiger partial charge in [0, 0.05) is 47.6 Å². The molecule has 1 unspecified atom stereocenters. The Bertz CT molecular complexity index is 1960. The lowest BCUT2D eigenvalue weighted by molar-refractivity contribution is -0.385. The molecule has 1 N–H and O–H groups in total. The summed E-state index contributed by atoms with van der Waals surface area (Å²) in [4.78, 5) is 41.3. The van der Waals surface area contributed by atoms with E-state index in [0.717, 1.165) is 11.1 Å². The van der Waals surface area contributed by atoms with E-state index in [-0.39, 0.29) is 24.8 Å². The van der Waals surface area contributed by atoms with Crippen LogP contribution in [0.3, 0.4) is 0 Å². The normalized spacial score (nSPS) is 23.6. The van der Waals surface area contributed by atoms with E-state index in [0.29, 0.717) is 48.7 Å². The fraction of sp³-hybridized carbons (Fsp3) is 0.389. The third kappa shape index (κ3) is 6.08. The predicted octanol–water partition coefficient (Wildman–Crippen LogP) is 5.68. The standard InChI is InChI=1S/C36H39FN6O7Si/c1-23-33(51(2,3)37)32(15-16-40-21-30(38-39-40)28(22-44)25-7-5-4-6-8-25)50-36(23)29-19-27(43(47)48)13-14-31(29)42(34(36)45)20-24-9-11-26(12-10-24)41-17-18-49-35(41)46/h4-14,19,21,23,28,32-33,44H,15-18,20,22H2,1-3H3/t23-,28?,32+,33-,36+/m1/s1. The minimum absolute atomic E-state index is 0.132. The molecule has 266 valence electrons. The lowest BCUT2D eigenvalue weighted by atomic mass is 9.82. The molecule has 0 bridgehead atoms. The number of aliphatic hydroxyl groups excluding tert-OH is 1. The summed E-state index contributed by atoms with van der Waals surface area (Å²) in [5.41, 5.74) is 1.29. The number of cyclic esters (lactones) is 1. The molecule has 4 heterocycles. The number of hydrogen-bond donors (Lipinski definition) is 1. The van der Waals surface area contributed by atoms with Crippen LogP contribution in [0.25, 0.3) is 0 Å². The number of anilines is 2. The molecule has 51 heavy (non-hydrogen) atoms. The van der Waals surface area contributed by atoms with Crippen molar-refractivity contribution in [3.8, 4) is 0 Å². The van der Waals surface area contributed by atoms with Crippen LogP contribution < -0.4 is 9.80 Å². The summed E-state index contributed by atoms with van der Waals surface area (Å²) in [5.74, 6) is -1.41. The average Bonchev–Trinajstić information content (AvgIpc) is 3.88. The molecule has 15 heteroatoms. The Kier molecular flexibility index (Phi) is 8.97. The Balaban J connectivity index is 1.18. The van der Waals surface area contributed by atoms with Crippen LogP contribution >= 0.6 is 0 Å². The van der Waals surface area contributed by atoms with Gasteiger partial charge in [0.25, 0.3) is 11.6 Å². The van der Waals surface area contributed by atoms with E-state index in [1.165, 1.54) is 17.0 Å². The van der Waals surface area contributed by atoms with E-state index in [1.807, 2.05) is 49.4 Å². The molecule has 13 nitrogen and oxygen atoms in total. The first-order valence-corrected chi connectivity index (χ1v) is 19.9. The van der Waals surface area contributed by atoms with Crippen LogP contribution in [-0.2, 0) is 33.0 Å². The fourth-order valence-corrected chi connectivity index (χ4v) is 10.6. The summed E-state index contributed by atoms with van der Waals surface area (Å²) < 4.78 is 29.8. The molecule has 7 rings (SSSR count). The van der Waals surface area contributed by atoms with E-state index in [9.17, 15) is 24.8 Å². The van der Waals surface area contributed by atoms with Gasteiger partial charge in [-0.05, 0) is 48.8 Å². The van der Waals surface area contributed by atoms with Crippen LogP contribution in [0.15, 0.2) is 79.0 Å². The number of aromatic nitrogens is 3. The van der Waals surface area contributed by atoms with Gasteiger partial charge in [0.15, 0.2) is 5.60 Å². The second-order valence-electron chi connectivity index (χ2n) is 13.9. The van der Waals surface area contributed by atoms with Crippen LogP contribution in [0.2, 0.25) is 18.6 Å². The highest BCUT2D eigenvalue weighted by molar-refractivity contribution is 6.72. The second-order valence-corrected chi connectivity index (χ2v) is 17.7. The zero-order chi connectivity index (χ0) is 36.1. The zero-order valence-electron chi connectivity index (χ0n) is 28.5. The van der Waals surface area contributed by atoms with Gasteiger partial charge in [0.05, 0.1) is 48.0 Å². The summed E-state index contributed by atoms with van der Waals surface area (Å²) in [6, 6.07) is 21.0. The maximum atomic E-state index is 16.4. The van der Waals surface area contributed by atoms with Crippen LogP contribution in [0.1, 0.15) is 41.6 Å². The molecule has 0 saturated carbocycles. The molecule has 5 atom stereocenters. The highest BCUT2D eigenvalue weighted by Crippen LogP contribution is 2.60. The van der Waals surface area contributed by atoms with Gasteiger partial charge in [0.1, 0.15) is 6.61 Å². The Morgan fingerprint density at radius 3 is 2.51 bits per heavy atom. The Labute approximate surface area is 294 Å². The van der Waals surface area contributed by atoms with Crippen LogP contribution in [0, 0.1) is 16.0 Å². The van der Waals surface area contributed by atoms with Gasteiger partial charge < -0.3 is 23.6 Å². The minimum atomic E-state index is -3.50. The highest BCUT2D eigenvalue weighted by Gasteiger charge is 2.66. The fourth-order valence-electron chi connectivity index (χ4n) is 8.06. The van der Waals surface area contributed by atoms with Crippen molar-refractivity contribution in [2.45, 2.75) is 62.7 Å². The van der Waals surface area contributed by atoms with Crippen molar-refractivity contribution in [2.24, 2.45) is 5.92 Å². The summed E-state index contributed by atoms with van der Waals surface area (Å²) in [6.45, 7) is 6.06. The van der Waals surface area contributed by atoms with E-state index in [2.05, 4.69) is 10.3 Å². The molecule has 2 amide bonds. The van der Waals surface area contributed by atoms with Gasteiger partial charge in [0.2, 0.25) is 8.41 Å². The molecule has 3 aliphatic heterocycles. The number of nitrogens with zero attached hydrogens (tertiary/aromatic N) is 6. The third-order valence-corrected chi connectivity index (χ3v) is 12.9. The molecule has 3 aromatic carbocycles. The van der Waals surface area contributed by atoms with Gasteiger partial charge >= 0.3 is 6.09 Å². The monoisotopic (exact) mass is 714 g/mol. The first kappa shape index (κ1) is 34.5. The van der Waals surface area contributed by atoms with Crippen molar-refractivity contribution in [3.05, 3.63) is 111 Å². The van der Waals surface area contributed by atoms with Crippen molar-refractivity contribution in [2.75, 3.05) is 29.6 Å². The summed E-state index contributed by atoms with van der Waals surface area (Å²) in [5, 5.41) is 30.7. The number of nitro benzene ring substituents is 1. The van der Waals surface area contributed by atoms with Crippen LogP contribution in [0.4, 0.5) is 26.0 Å². The summed E-state index contributed by atoms with van der Waals surface area (Å²) in [6.07, 6.45) is 0.954. The number of ether oxygens (including phenoxy) is 2. The number of hydrogen-bond acceptors (Lipinski definition) is 9. The molecular weight excluding hydrogens is 676 g/mol. The highest BCUT2D eigenvalue weighted by atomic mass is 28.4. The third-order valence-electron chi connectivity index (χ3n) is 10.4. The number of rotatable bonds is 11. The van der Waals surface area contributed by atoms with Crippen LogP contribution in [0.5, 0.6) is 0 Å². The molecule has 1 spiro atoms. The van der Waals surface area contributed by atoms with E-state index < -0.39 is 48.5 Å². The van der Waals surface area contributed by atoms with Gasteiger partial charge in [-0.15, -0.1) is 5.10 Å². The van der Waals surface area contributed by atoms with Crippen molar-refractivity contribution < 1.29 is 33.2 Å². The van der Waals surface area contributed by atoms with E-state index in [1.54, 1.807) is 47.1 Å². The number of benzene rings is 3. The lowest BCUT2D eigenvalue weighted by Gasteiger charge is -2.31. The minimum Gasteiger partial charge on any atom is -0.447 e. The predicted molar refractivity (Wildman–Crippen MR) is 187 cm³/mol. The smallest absolute Gasteiger partial charge is 0.414 e. The first-order valence-electron chi connectivity index (χ1n) is 17.0. The van der Waals surface area contributed by atoms with Crippen molar-refractivity contribution in [3.63, 3.8) is 0 Å².